The molecule has 0 bridgehead atoms. The molecule has 13 heavy (non-hydrogen) atoms. The molecule has 0 saturated carbocycles. The van der Waals surface area contributed by atoms with Crippen molar-refractivity contribution in [3.63, 3.8) is 0 Å². The van der Waals surface area contributed by atoms with Gasteiger partial charge in [-0.25, -0.2) is 4.79 Å². The molecule has 0 spiro atoms. The summed E-state index contributed by atoms with van der Waals surface area (Å²) in [6.07, 6.45) is -2.29. The molecular formula is C6H8O7. The van der Waals surface area contributed by atoms with Crippen LogP contribution in [0, 0.1) is 0 Å². The van der Waals surface area contributed by atoms with E-state index in [-0.39, 0.29) is 0 Å². The summed E-state index contributed by atoms with van der Waals surface area (Å²) in [6.45, 7) is 0. The number of aliphatic carboxylic acids is 3. The molecule has 0 aliphatic heterocycles. The van der Waals surface area contributed by atoms with Crippen molar-refractivity contribution in [1.82, 2.24) is 0 Å². The molecule has 0 heterocycles. The molecule has 0 radical (unpaired) electrons. The highest BCUT2D eigenvalue weighted by molar-refractivity contribution is 5.88. The van der Waals surface area contributed by atoms with Gasteiger partial charge in [-0.2, -0.15) is 0 Å². The first-order chi connectivity index (χ1) is 5.78. The number of carboxylic acids is 3. The summed E-state index contributed by atoms with van der Waals surface area (Å²) in [4.78, 5) is 30.5. The fourth-order valence-electron chi connectivity index (χ4n) is 0.714. The van der Waals surface area contributed by atoms with E-state index < -0.39 is 36.4 Å². The third-order valence-corrected chi connectivity index (χ3v) is 1.29. The van der Waals surface area contributed by atoms with Gasteiger partial charge in [-0.05, 0) is 0 Å². The molecule has 0 amide bonds. The molecule has 0 aliphatic rings. The molecule has 1 atom stereocenters. The van der Waals surface area contributed by atoms with Crippen LogP contribution in [0.1, 0.15) is 12.8 Å². The molecular weight excluding hydrogens is 186 g/mol. The molecule has 74 valence electrons. The first-order valence-electron chi connectivity index (χ1n) is 3.17. The summed E-state index contributed by atoms with van der Waals surface area (Å²) >= 11 is 0. The predicted octanol–water partition coefficient (Wildman–Crippen LogP) is -1.25. The van der Waals surface area contributed by atoms with E-state index in [4.69, 9.17) is 20.4 Å². The first kappa shape index (κ1) is 11.4. The molecule has 0 rings (SSSR count). The monoisotopic (exact) mass is 194 g/mol. The summed E-state index contributed by atoms with van der Waals surface area (Å²) < 4.78 is 0. The molecule has 1 unspecified atom stereocenters. The van der Waals surface area contributed by atoms with Gasteiger partial charge in [-0.1, -0.05) is 0 Å². The van der Waals surface area contributed by atoms with Crippen LogP contribution in [0.15, 0.2) is 0 Å². The van der Waals surface area contributed by atoms with Crippen LogP contribution in [0.4, 0.5) is 0 Å². The molecule has 0 aromatic heterocycles. The third kappa shape index (κ3) is 3.52. The zero-order valence-corrected chi connectivity index (χ0v) is 6.43. The van der Waals surface area contributed by atoms with Crippen LogP contribution in [0.5, 0.6) is 0 Å². The lowest BCUT2D eigenvalue weighted by Crippen LogP contribution is -2.42. The Balaban J connectivity index is 4.62. The minimum atomic E-state index is -2.74. The van der Waals surface area contributed by atoms with Crippen molar-refractivity contribution in [3.8, 4) is 0 Å². The van der Waals surface area contributed by atoms with Crippen molar-refractivity contribution in [2.75, 3.05) is 0 Å². The minimum absolute atomic E-state index is 1.14. The van der Waals surface area contributed by atoms with Gasteiger partial charge in [0.05, 0.1) is 12.8 Å². The van der Waals surface area contributed by atoms with Crippen LogP contribution in [0.25, 0.3) is 0 Å². The predicted molar refractivity (Wildman–Crippen MR) is 37.1 cm³/mol. The lowest BCUT2D eigenvalue weighted by Gasteiger charge is -2.18. The highest BCUT2D eigenvalue weighted by atomic mass is 16.6. The van der Waals surface area contributed by atoms with Crippen molar-refractivity contribution in [2.24, 2.45) is 0 Å². The van der Waals surface area contributed by atoms with Crippen LogP contribution >= 0.6 is 0 Å². The van der Waals surface area contributed by atoms with Crippen molar-refractivity contribution >= 4 is 17.9 Å². The first-order valence-corrected chi connectivity index (χ1v) is 3.17. The summed E-state index contributed by atoms with van der Waals surface area (Å²) in [5, 5.41) is 33.8. The second-order valence-corrected chi connectivity index (χ2v) is 2.48. The van der Waals surface area contributed by atoms with Gasteiger partial charge >= 0.3 is 17.9 Å². The average molecular weight is 194 g/mol. The second kappa shape index (κ2) is 3.85. The highest BCUT2D eigenvalue weighted by Crippen LogP contribution is 2.15. The summed E-state index contributed by atoms with van der Waals surface area (Å²) in [5.41, 5.74) is -2.74. The Bertz CT molecular complexity index is 227. The summed E-state index contributed by atoms with van der Waals surface area (Å²) in [7, 11) is 0. The van der Waals surface area contributed by atoms with Crippen LogP contribution in [0.3, 0.4) is 0 Å². The molecule has 7 nitrogen and oxygen atoms in total. The average Bonchev–Trinajstić information content (AvgIpc) is 1.82. The number of rotatable bonds is 5. The Labute approximate surface area is 72.2 Å². The van der Waals surface area contributed by atoms with E-state index in [0.29, 0.717) is 0 Å². The Hall–Kier alpha value is -1.63. The molecule has 0 aliphatic carbocycles. The summed E-state index contributed by atoms with van der Waals surface area (Å²) in [6, 6.07) is 0. The molecule has 0 aromatic carbocycles. The largest absolute Gasteiger partial charge is 0.481 e. The van der Waals surface area contributed by atoms with Gasteiger partial charge < -0.3 is 20.4 Å². The van der Waals surface area contributed by atoms with Gasteiger partial charge in [-0.15, -0.1) is 0 Å². The maximum atomic E-state index is 10.3. The Morgan fingerprint density at radius 1 is 1.31 bits per heavy atom. The van der Waals surface area contributed by atoms with Crippen molar-refractivity contribution in [3.05, 3.63) is 0 Å². The SMILES string of the molecule is O=C(O)CC(O)(C[14C](=O)O)C(=O)O. The maximum absolute atomic E-state index is 10.3. The van der Waals surface area contributed by atoms with Crippen molar-refractivity contribution in [1.29, 1.82) is 0 Å². The number of carbonyl (C=O) groups is 3. The molecule has 7 heteroatoms. The van der Waals surface area contributed by atoms with E-state index >= 15 is 0 Å². The van der Waals surface area contributed by atoms with Gasteiger partial charge in [0.15, 0.2) is 5.60 Å². The normalized spacial score (nSPS) is 14.5. The van der Waals surface area contributed by atoms with Crippen LogP contribution < -0.4 is 0 Å². The zero-order valence-electron chi connectivity index (χ0n) is 6.43. The van der Waals surface area contributed by atoms with Gasteiger partial charge in [-0.3, -0.25) is 9.59 Å². The van der Waals surface area contributed by atoms with Crippen molar-refractivity contribution in [2.45, 2.75) is 18.4 Å². The topological polar surface area (TPSA) is 132 Å². The van der Waals surface area contributed by atoms with Gasteiger partial charge in [0.2, 0.25) is 0 Å². The fourth-order valence-corrected chi connectivity index (χ4v) is 0.714. The van der Waals surface area contributed by atoms with Gasteiger partial charge in [0.1, 0.15) is 0 Å². The fraction of sp³-hybridized carbons (Fsp3) is 0.500. The number of carboxylic acid groups (broad SMARTS) is 3. The third-order valence-electron chi connectivity index (χ3n) is 1.29. The van der Waals surface area contributed by atoms with Crippen LogP contribution in [-0.4, -0.2) is 43.9 Å². The van der Waals surface area contributed by atoms with Crippen LogP contribution in [0.2, 0.25) is 0 Å². The van der Waals surface area contributed by atoms with Crippen LogP contribution in [-0.2, 0) is 14.4 Å². The Kier molecular flexibility index (Phi) is 3.37. The van der Waals surface area contributed by atoms with E-state index in [1.807, 2.05) is 0 Å². The number of hydrogen-bond donors (Lipinski definition) is 4. The lowest BCUT2D eigenvalue weighted by molar-refractivity contribution is -0.170. The van der Waals surface area contributed by atoms with E-state index in [1.54, 1.807) is 0 Å². The number of hydrogen-bond acceptors (Lipinski definition) is 4. The highest BCUT2D eigenvalue weighted by Gasteiger charge is 2.40. The molecule has 4 N–H and O–H groups in total. The minimum Gasteiger partial charge on any atom is -0.481 e. The van der Waals surface area contributed by atoms with Gasteiger partial charge in [0, 0.05) is 0 Å². The molecule has 0 saturated heterocycles. The molecule has 0 aromatic rings. The van der Waals surface area contributed by atoms with Gasteiger partial charge in [0.25, 0.3) is 0 Å². The summed E-state index contributed by atoms with van der Waals surface area (Å²) in [5.74, 6) is -5.02. The number of aliphatic hydroxyl groups is 1. The smallest absolute Gasteiger partial charge is 0.336 e. The van der Waals surface area contributed by atoms with Crippen molar-refractivity contribution < 1.29 is 34.8 Å². The van der Waals surface area contributed by atoms with E-state index in [9.17, 15) is 14.4 Å². The standard InChI is InChI=1S/C6H8O7/c7-3(8)1-6(13,5(11)12)2-4(9)10/h13H,1-2H2,(H,7,8)(H,9,10)(H,11,12)/i3+2. The molecule has 0 fully saturated rings. The lowest BCUT2D eigenvalue weighted by atomic mass is 10.0. The van der Waals surface area contributed by atoms with E-state index in [0.717, 1.165) is 0 Å². The second-order valence-electron chi connectivity index (χ2n) is 2.48. The van der Waals surface area contributed by atoms with E-state index in [2.05, 4.69) is 0 Å². The Morgan fingerprint density at radius 2 is 1.77 bits per heavy atom. The van der Waals surface area contributed by atoms with E-state index in [1.165, 1.54) is 0 Å². The quantitative estimate of drug-likeness (QED) is 0.429. The zero-order chi connectivity index (χ0) is 10.6. The maximum Gasteiger partial charge on any atom is 0.336 e. The Morgan fingerprint density at radius 3 is 2.00 bits per heavy atom.